The lowest BCUT2D eigenvalue weighted by Gasteiger charge is -2.32. The topological polar surface area (TPSA) is 27.7 Å². The molecule has 3 nitrogen and oxygen atoms in total. The van der Waals surface area contributed by atoms with Gasteiger partial charge in [0.1, 0.15) is 11.4 Å². The minimum Gasteiger partial charge on any atom is -0.483 e. The summed E-state index contributed by atoms with van der Waals surface area (Å²) in [6.45, 7) is 6.88. The van der Waals surface area contributed by atoms with Crippen molar-refractivity contribution in [1.29, 1.82) is 0 Å². The van der Waals surface area contributed by atoms with E-state index in [1.54, 1.807) is 0 Å². The van der Waals surface area contributed by atoms with E-state index in [-0.39, 0.29) is 12.4 Å². The predicted octanol–water partition coefficient (Wildman–Crippen LogP) is 5.59. The summed E-state index contributed by atoms with van der Waals surface area (Å²) in [6, 6.07) is 1.99. The second-order valence-electron chi connectivity index (χ2n) is 7.60. The molecule has 4 aliphatic rings. The van der Waals surface area contributed by atoms with Gasteiger partial charge >= 0.3 is 0 Å². The van der Waals surface area contributed by atoms with Crippen LogP contribution in [0.3, 0.4) is 0 Å². The van der Waals surface area contributed by atoms with Crippen LogP contribution in [0, 0.1) is 0 Å². The first-order valence-electron chi connectivity index (χ1n) is 9.19. The van der Waals surface area contributed by atoms with Gasteiger partial charge in [-0.3, -0.25) is 0 Å². The van der Waals surface area contributed by atoms with Crippen molar-refractivity contribution >= 4 is 6.08 Å². The first kappa shape index (κ1) is 16.3. The van der Waals surface area contributed by atoms with E-state index in [9.17, 15) is 0 Å². The molecule has 0 fully saturated rings. The van der Waals surface area contributed by atoms with E-state index in [2.05, 4.69) is 45.1 Å². The molecule has 4 bridgehead atoms. The molecule has 1 atom stereocenters. The van der Waals surface area contributed by atoms with Gasteiger partial charge in [-0.2, -0.15) is 0 Å². The molecule has 0 unspecified atom stereocenters. The monoisotopic (exact) mass is 338 g/mol. The lowest BCUT2D eigenvalue weighted by molar-refractivity contribution is 0.128. The van der Waals surface area contributed by atoms with Crippen LogP contribution in [0.4, 0.5) is 0 Å². The third-order valence-electron chi connectivity index (χ3n) is 5.33. The first-order chi connectivity index (χ1) is 12.0. The van der Waals surface area contributed by atoms with Crippen molar-refractivity contribution in [1.82, 2.24) is 0 Å². The summed E-state index contributed by atoms with van der Waals surface area (Å²) in [5.41, 5.74) is 4.86. The molecule has 132 valence electrons. The smallest absolute Gasteiger partial charge is 0.231 e. The SMILES string of the molecule is CC1=CCC[C@]2(C)C=Cc3c(cc4c(c3CC(C)=CCC1)OCO4)O2. The average molecular weight is 338 g/mol. The number of benzene rings is 1. The number of fused-ring (bicyclic) bond motifs is 7. The normalized spacial score (nSPS) is 25.1. The molecular weight excluding hydrogens is 312 g/mol. The Morgan fingerprint density at radius 3 is 2.72 bits per heavy atom. The number of hydrogen-bond donors (Lipinski definition) is 0. The van der Waals surface area contributed by atoms with Crippen molar-refractivity contribution in [2.75, 3.05) is 6.79 Å². The van der Waals surface area contributed by atoms with Gasteiger partial charge in [0.2, 0.25) is 6.79 Å². The molecule has 3 heterocycles. The molecule has 0 saturated heterocycles. The quantitative estimate of drug-likeness (QED) is 0.577. The van der Waals surface area contributed by atoms with Crippen LogP contribution in [0.15, 0.2) is 35.4 Å². The van der Waals surface area contributed by atoms with Gasteiger partial charge in [0.05, 0.1) is 0 Å². The molecular formula is C22H26O3. The Morgan fingerprint density at radius 2 is 1.84 bits per heavy atom. The fraction of sp³-hybridized carbons (Fsp3) is 0.455. The van der Waals surface area contributed by atoms with Gasteiger partial charge < -0.3 is 14.2 Å². The lowest BCUT2D eigenvalue weighted by Crippen LogP contribution is -2.32. The van der Waals surface area contributed by atoms with E-state index in [1.165, 1.54) is 16.7 Å². The first-order valence-corrected chi connectivity index (χ1v) is 9.19. The highest BCUT2D eigenvalue weighted by Crippen LogP contribution is 2.47. The maximum atomic E-state index is 6.43. The highest BCUT2D eigenvalue weighted by molar-refractivity contribution is 5.72. The largest absolute Gasteiger partial charge is 0.483 e. The van der Waals surface area contributed by atoms with Crippen LogP contribution in [0.25, 0.3) is 6.08 Å². The Bertz CT molecular complexity index is 785. The molecule has 0 spiro atoms. The van der Waals surface area contributed by atoms with E-state index in [0.717, 1.165) is 54.9 Å². The molecule has 3 aliphatic heterocycles. The molecule has 1 aromatic rings. The third kappa shape index (κ3) is 3.20. The van der Waals surface area contributed by atoms with Crippen molar-refractivity contribution < 1.29 is 14.2 Å². The average Bonchev–Trinajstić information content (AvgIpc) is 3.01. The van der Waals surface area contributed by atoms with Gasteiger partial charge in [0, 0.05) is 17.2 Å². The molecule has 3 heteroatoms. The zero-order valence-electron chi connectivity index (χ0n) is 15.4. The van der Waals surface area contributed by atoms with E-state index < -0.39 is 0 Å². The third-order valence-corrected chi connectivity index (χ3v) is 5.33. The summed E-state index contributed by atoms with van der Waals surface area (Å²) in [5.74, 6) is 2.60. The fourth-order valence-electron chi connectivity index (χ4n) is 3.83. The van der Waals surface area contributed by atoms with Gasteiger partial charge in [0.15, 0.2) is 11.5 Å². The van der Waals surface area contributed by atoms with Gasteiger partial charge in [-0.25, -0.2) is 0 Å². The molecule has 1 aromatic carbocycles. The van der Waals surface area contributed by atoms with Crippen LogP contribution in [0.5, 0.6) is 17.2 Å². The van der Waals surface area contributed by atoms with Crippen molar-refractivity contribution in [2.45, 2.75) is 58.5 Å². The predicted molar refractivity (Wildman–Crippen MR) is 100 cm³/mol. The molecule has 0 radical (unpaired) electrons. The maximum Gasteiger partial charge on any atom is 0.231 e. The van der Waals surface area contributed by atoms with Crippen molar-refractivity contribution in [3.63, 3.8) is 0 Å². The minimum atomic E-state index is -0.274. The number of rotatable bonds is 0. The Morgan fingerprint density at radius 1 is 1.00 bits per heavy atom. The van der Waals surface area contributed by atoms with Gasteiger partial charge in [0.25, 0.3) is 0 Å². The van der Waals surface area contributed by atoms with Gasteiger partial charge in [-0.05, 0) is 59.0 Å². The van der Waals surface area contributed by atoms with Crippen LogP contribution in [-0.4, -0.2) is 12.4 Å². The van der Waals surface area contributed by atoms with Crippen molar-refractivity contribution in [3.8, 4) is 17.2 Å². The molecule has 0 aromatic heterocycles. The molecule has 25 heavy (non-hydrogen) atoms. The van der Waals surface area contributed by atoms with Crippen molar-refractivity contribution in [2.24, 2.45) is 0 Å². The maximum absolute atomic E-state index is 6.43. The fourth-order valence-corrected chi connectivity index (χ4v) is 3.83. The highest BCUT2D eigenvalue weighted by atomic mass is 16.7. The lowest BCUT2D eigenvalue weighted by atomic mass is 9.90. The van der Waals surface area contributed by atoms with E-state index >= 15 is 0 Å². The second-order valence-corrected chi connectivity index (χ2v) is 7.60. The van der Waals surface area contributed by atoms with E-state index in [4.69, 9.17) is 14.2 Å². The van der Waals surface area contributed by atoms with E-state index in [0.29, 0.717) is 0 Å². The van der Waals surface area contributed by atoms with Crippen LogP contribution in [0.1, 0.15) is 57.6 Å². The van der Waals surface area contributed by atoms with Gasteiger partial charge in [-0.15, -0.1) is 0 Å². The van der Waals surface area contributed by atoms with E-state index in [1.807, 2.05) is 6.07 Å². The Hall–Kier alpha value is -2.16. The molecule has 1 aliphatic carbocycles. The highest BCUT2D eigenvalue weighted by Gasteiger charge is 2.32. The Kier molecular flexibility index (Phi) is 4.10. The zero-order valence-corrected chi connectivity index (χ0v) is 15.4. The minimum absolute atomic E-state index is 0.274. The zero-order chi connectivity index (χ0) is 17.4. The molecule has 5 rings (SSSR count). The summed E-state index contributed by atoms with van der Waals surface area (Å²) in [6.07, 6.45) is 14.2. The van der Waals surface area contributed by atoms with Crippen molar-refractivity contribution in [3.05, 3.63) is 46.6 Å². The van der Waals surface area contributed by atoms with Crippen LogP contribution in [-0.2, 0) is 6.42 Å². The summed E-state index contributed by atoms with van der Waals surface area (Å²) in [4.78, 5) is 0. The molecule has 0 N–H and O–H groups in total. The summed E-state index contributed by atoms with van der Waals surface area (Å²) in [5, 5.41) is 0. The number of ether oxygens (including phenoxy) is 3. The molecule has 0 saturated carbocycles. The number of allylic oxidation sites excluding steroid dienone is 4. The molecule has 0 amide bonds. The van der Waals surface area contributed by atoms with Gasteiger partial charge in [-0.1, -0.05) is 29.4 Å². The van der Waals surface area contributed by atoms with Crippen LogP contribution < -0.4 is 14.2 Å². The van der Waals surface area contributed by atoms with Crippen LogP contribution >= 0.6 is 0 Å². The Labute approximate surface area is 150 Å². The Balaban J connectivity index is 1.81. The standard InChI is InChI=1S/C22H26O3/c1-15-6-4-7-16(2)12-18-17-9-11-22(3,10-5-8-15)25-19(17)13-20-21(18)24-14-23-20/h7-9,11,13H,4-6,10,12,14H2,1-3H3/t22-/m1/s1. The number of hydrogen-bond acceptors (Lipinski definition) is 3. The second kappa shape index (κ2) is 6.29. The van der Waals surface area contributed by atoms with Crippen LogP contribution in [0.2, 0.25) is 0 Å². The summed E-state index contributed by atoms with van der Waals surface area (Å²) in [7, 11) is 0. The summed E-state index contributed by atoms with van der Waals surface area (Å²) < 4.78 is 17.9. The summed E-state index contributed by atoms with van der Waals surface area (Å²) >= 11 is 0.